The van der Waals surface area contributed by atoms with Crippen LogP contribution in [0.4, 0.5) is 9.52 Å². The van der Waals surface area contributed by atoms with Gasteiger partial charge in [0.2, 0.25) is 5.91 Å². The Bertz CT molecular complexity index is 950. The number of rotatable bonds is 4. The van der Waals surface area contributed by atoms with Crippen molar-refractivity contribution in [3.05, 3.63) is 53.8 Å². The fourth-order valence-electron chi connectivity index (χ4n) is 3.22. The summed E-state index contributed by atoms with van der Waals surface area (Å²) < 4.78 is 19.8. The summed E-state index contributed by atoms with van der Waals surface area (Å²) in [6.07, 6.45) is 0.385. The van der Waals surface area contributed by atoms with Gasteiger partial charge in [0.25, 0.3) is 0 Å². The molecule has 4 rings (SSSR count). The number of benzene rings is 2. The summed E-state index contributed by atoms with van der Waals surface area (Å²) in [6.45, 7) is 2.70. The fourth-order valence-corrected chi connectivity index (χ4v) is 4.25. The van der Waals surface area contributed by atoms with Gasteiger partial charge in [0.15, 0.2) is 5.13 Å². The van der Waals surface area contributed by atoms with Crippen molar-refractivity contribution in [2.75, 3.05) is 38.2 Å². The van der Waals surface area contributed by atoms with Gasteiger partial charge in [0.1, 0.15) is 17.1 Å². The lowest BCUT2D eigenvalue weighted by molar-refractivity contribution is -0.130. The van der Waals surface area contributed by atoms with Crippen molar-refractivity contribution in [2.24, 2.45) is 0 Å². The largest absolute Gasteiger partial charge is 0.497 e. The number of piperazine rings is 1. The summed E-state index contributed by atoms with van der Waals surface area (Å²) in [5.41, 5.74) is 1.40. The van der Waals surface area contributed by atoms with Crippen LogP contribution in [0.25, 0.3) is 10.2 Å². The molecule has 2 heterocycles. The third kappa shape index (κ3) is 3.73. The number of para-hydroxylation sites is 1. The maximum absolute atomic E-state index is 13.9. The zero-order valence-electron chi connectivity index (χ0n) is 15.0. The molecule has 3 aromatic rings. The number of ether oxygens (including phenoxy) is 1. The Hall–Kier alpha value is -2.67. The number of amides is 1. The molecular formula is C20H20FN3O2S. The van der Waals surface area contributed by atoms with E-state index in [0.717, 1.165) is 21.1 Å². The molecule has 1 fully saturated rings. The van der Waals surface area contributed by atoms with Crippen LogP contribution in [0, 0.1) is 5.82 Å². The third-order valence-electron chi connectivity index (χ3n) is 4.78. The number of hydrogen-bond donors (Lipinski definition) is 0. The zero-order chi connectivity index (χ0) is 18.8. The molecule has 0 bridgehead atoms. The van der Waals surface area contributed by atoms with Gasteiger partial charge in [-0.2, -0.15) is 0 Å². The number of thiazole rings is 1. The molecule has 0 radical (unpaired) electrons. The minimum Gasteiger partial charge on any atom is -0.497 e. The van der Waals surface area contributed by atoms with E-state index in [0.29, 0.717) is 38.1 Å². The number of methoxy groups -OCH3 is 1. The van der Waals surface area contributed by atoms with Gasteiger partial charge < -0.3 is 14.5 Å². The van der Waals surface area contributed by atoms with Crippen molar-refractivity contribution in [3.63, 3.8) is 0 Å². The van der Waals surface area contributed by atoms with E-state index in [9.17, 15) is 9.18 Å². The van der Waals surface area contributed by atoms with Crippen LogP contribution in [0.3, 0.4) is 0 Å². The molecule has 2 aromatic carbocycles. The molecule has 0 saturated carbocycles. The number of fused-ring (bicyclic) bond motifs is 1. The molecule has 7 heteroatoms. The normalized spacial score (nSPS) is 14.6. The standard InChI is InChI=1S/C20H20FN3O2S/c1-26-15-7-5-14(6-8-15)13-18(25)23-9-11-24(12-10-23)20-22-19-16(21)3-2-4-17(19)27-20/h2-8H,9-13H2,1H3. The van der Waals surface area contributed by atoms with Crippen LogP contribution in [0.5, 0.6) is 5.75 Å². The maximum atomic E-state index is 13.9. The molecule has 5 nitrogen and oxygen atoms in total. The molecule has 1 aliphatic heterocycles. The third-order valence-corrected chi connectivity index (χ3v) is 5.86. The highest BCUT2D eigenvalue weighted by Gasteiger charge is 2.23. The Kier molecular flexibility index (Phi) is 4.94. The van der Waals surface area contributed by atoms with E-state index in [2.05, 4.69) is 9.88 Å². The van der Waals surface area contributed by atoms with Gasteiger partial charge in [-0.05, 0) is 29.8 Å². The van der Waals surface area contributed by atoms with Crippen LogP contribution < -0.4 is 9.64 Å². The molecule has 1 aromatic heterocycles. The number of halogens is 1. The van der Waals surface area contributed by atoms with E-state index >= 15 is 0 Å². The second-order valence-electron chi connectivity index (χ2n) is 6.48. The molecule has 0 aliphatic carbocycles. The van der Waals surface area contributed by atoms with E-state index in [1.165, 1.54) is 17.4 Å². The maximum Gasteiger partial charge on any atom is 0.227 e. The Morgan fingerprint density at radius 3 is 2.56 bits per heavy atom. The number of carbonyl (C=O) groups excluding carboxylic acids is 1. The highest BCUT2D eigenvalue weighted by molar-refractivity contribution is 7.22. The topological polar surface area (TPSA) is 45.7 Å². The van der Waals surface area contributed by atoms with Crippen LogP contribution in [-0.4, -0.2) is 49.1 Å². The molecule has 0 spiro atoms. The molecule has 0 N–H and O–H groups in total. The van der Waals surface area contributed by atoms with Crippen LogP contribution in [-0.2, 0) is 11.2 Å². The van der Waals surface area contributed by atoms with Crippen molar-refractivity contribution < 1.29 is 13.9 Å². The second-order valence-corrected chi connectivity index (χ2v) is 7.48. The fraction of sp³-hybridized carbons (Fsp3) is 0.300. The van der Waals surface area contributed by atoms with Crippen LogP contribution in [0.1, 0.15) is 5.56 Å². The van der Waals surface area contributed by atoms with E-state index in [1.54, 1.807) is 13.2 Å². The van der Waals surface area contributed by atoms with Crippen LogP contribution in [0.2, 0.25) is 0 Å². The number of anilines is 1. The van der Waals surface area contributed by atoms with Gasteiger partial charge >= 0.3 is 0 Å². The molecule has 1 aliphatic rings. The lowest BCUT2D eigenvalue weighted by atomic mass is 10.1. The summed E-state index contributed by atoms with van der Waals surface area (Å²) in [4.78, 5) is 21.0. The van der Waals surface area contributed by atoms with E-state index in [-0.39, 0.29) is 11.7 Å². The molecular weight excluding hydrogens is 365 g/mol. The molecule has 27 heavy (non-hydrogen) atoms. The van der Waals surface area contributed by atoms with E-state index < -0.39 is 0 Å². The van der Waals surface area contributed by atoms with Crippen molar-refractivity contribution in [1.82, 2.24) is 9.88 Å². The van der Waals surface area contributed by atoms with E-state index in [4.69, 9.17) is 4.74 Å². The molecule has 1 saturated heterocycles. The van der Waals surface area contributed by atoms with Gasteiger partial charge in [0, 0.05) is 26.2 Å². The highest BCUT2D eigenvalue weighted by Crippen LogP contribution is 2.30. The van der Waals surface area contributed by atoms with Crippen molar-refractivity contribution in [2.45, 2.75) is 6.42 Å². The smallest absolute Gasteiger partial charge is 0.227 e. The average Bonchev–Trinajstić information content (AvgIpc) is 3.14. The Balaban J connectivity index is 1.37. The van der Waals surface area contributed by atoms with Crippen LogP contribution >= 0.6 is 11.3 Å². The van der Waals surface area contributed by atoms with Crippen molar-refractivity contribution in [1.29, 1.82) is 0 Å². The number of hydrogen-bond acceptors (Lipinski definition) is 5. The minimum atomic E-state index is -0.289. The van der Waals surface area contributed by atoms with Gasteiger partial charge in [-0.15, -0.1) is 0 Å². The molecule has 1 amide bonds. The summed E-state index contributed by atoms with van der Waals surface area (Å²) in [5.74, 6) is 0.616. The first-order valence-electron chi connectivity index (χ1n) is 8.85. The molecule has 140 valence electrons. The van der Waals surface area contributed by atoms with Crippen molar-refractivity contribution >= 4 is 32.6 Å². The summed E-state index contributed by atoms with van der Waals surface area (Å²) in [5, 5.41) is 0.817. The first kappa shape index (κ1) is 17.7. The van der Waals surface area contributed by atoms with Crippen LogP contribution in [0.15, 0.2) is 42.5 Å². The first-order valence-corrected chi connectivity index (χ1v) is 9.66. The highest BCUT2D eigenvalue weighted by atomic mass is 32.1. The Labute approximate surface area is 161 Å². The molecule has 0 atom stereocenters. The average molecular weight is 385 g/mol. The number of nitrogens with zero attached hydrogens (tertiary/aromatic N) is 3. The van der Waals surface area contributed by atoms with Gasteiger partial charge in [0.05, 0.1) is 18.2 Å². The van der Waals surface area contributed by atoms with Crippen molar-refractivity contribution in [3.8, 4) is 5.75 Å². The number of carbonyl (C=O) groups is 1. The van der Waals surface area contributed by atoms with Gasteiger partial charge in [-0.25, -0.2) is 9.37 Å². The van der Waals surface area contributed by atoms with Gasteiger partial charge in [-0.3, -0.25) is 4.79 Å². The first-order chi connectivity index (χ1) is 13.1. The zero-order valence-corrected chi connectivity index (χ0v) is 15.8. The Morgan fingerprint density at radius 2 is 1.89 bits per heavy atom. The van der Waals surface area contributed by atoms with E-state index in [1.807, 2.05) is 35.2 Å². The van der Waals surface area contributed by atoms with Gasteiger partial charge in [-0.1, -0.05) is 29.5 Å². The quantitative estimate of drug-likeness (QED) is 0.691. The predicted octanol–water partition coefficient (Wildman–Crippen LogP) is 3.34. The Morgan fingerprint density at radius 1 is 1.15 bits per heavy atom. The summed E-state index contributed by atoms with van der Waals surface area (Å²) in [7, 11) is 1.62. The number of aromatic nitrogens is 1. The summed E-state index contributed by atoms with van der Waals surface area (Å²) in [6, 6.07) is 12.6. The predicted molar refractivity (Wildman–Crippen MR) is 105 cm³/mol. The SMILES string of the molecule is COc1ccc(CC(=O)N2CCN(c3nc4c(F)cccc4s3)CC2)cc1. The minimum absolute atomic E-state index is 0.121. The second kappa shape index (κ2) is 7.52. The monoisotopic (exact) mass is 385 g/mol. The molecule has 0 unspecified atom stereocenters. The lowest BCUT2D eigenvalue weighted by Crippen LogP contribution is -2.49. The lowest BCUT2D eigenvalue weighted by Gasteiger charge is -2.34. The summed E-state index contributed by atoms with van der Waals surface area (Å²) >= 11 is 1.49.